The van der Waals surface area contributed by atoms with Crippen molar-refractivity contribution < 1.29 is 4.79 Å². The van der Waals surface area contributed by atoms with Crippen molar-refractivity contribution in [3.63, 3.8) is 0 Å². The zero-order valence-corrected chi connectivity index (χ0v) is 12.7. The maximum absolute atomic E-state index is 11.1. The molecule has 0 atom stereocenters. The van der Waals surface area contributed by atoms with Crippen molar-refractivity contribution in [2.75, 3.05) is 11.1 Å². The normalized spacial score (nSPS) is 10.2. The topological polar surface area (TPSA) is 55.1 Å². The van der Waals surface area contributed by atoms with Crippen molar-refractivity contribution in [1.29, 1.82) is 0 Å². The Morgan fingerprint density at radius 2 is 1.79 bits per heavy atom. The SMILES string of the molecule is CC(=O)Nc1cc(Sc2ccc(Br)cc2)ccc1N. The highest BCUT2D eigenvalue weighted by atomic mass is 79.9. The Bertz CT molecular complexity index is 599. The van der Waals surface area contributed by atoms with Crippen LogP contribution in [0.25, 0.3) is 0 Å². The number of benzene rings is 2. The molecule has 0 fully saturated rings. The molecule has 5 heteroatoms. The molecule has 19 heavy (non-hydrogen) atoms. The third-order valence-corrected chi connectivity index (χ3v) is 3.91. The van der Waals surface area contributed by atoms with E-state index in [1.807, 2.05) is 36.4 Å². The third kappa shape index (κ3) is 4.01. The van der Waals surface area contributed by atoms with Gasteiger partial charge < -0.3 is 11.1 Å². The van der Waals surface area contributed by atoms with E-state index in [1.165, 1.54) is 6.92 Å². The Labute approximate surface area is 124 Å². The number of carbonyl (C=O) groups excluding carboxylic acids is 1. The highest BCUT2D eigenvalue weighted by Crippen LogP contribution is 2.32. The number of hydrogen-bond acceptors (Lipinski definition) is 3. The second-order valence-electron chi connectivity index (χ2n) is 3.99. The number of nitrogens with two attached hydrogens (primary N) is 1. The molecule has 0 radical (unpaired) electrons. The molecule has 3 N–H and O–H groups in total. The van der Waals surface area contributed by atoms with Crippen LogP contribution in [0, 0.1) is 0 Å². The predicted molar refractivity (Wildman–Crippen MR) is 83.4 cm³/mol. The molecular weight excluding hydrogens is 324 g/mol. The molecule has 0 aliphatic carbocycles. The molecule has 2 aromatic rings. The van der Waals surface area contributed by atoms with Crippen molar-refractivity contribution in [1.82, 2.24) is 0 Å². The van der Waals surface area contributed by atoms with Crippen LogP contribution < -0.4 is 11.1 Å². The summed E-state index contributed by atoms with van der Waals surface area (Å²) in [6, 6.07) is 13.7. The van der Waals surface area contributed by atoms with Gasteiger partial charge in [0.25, 0.3) is 0 Å². The number of nitrogen functional groups attached to an aromatic ring is 1. The smallest absolute Gasteiger partial charge is 0.221 e. The molecule has 0 saturated heterocycles. The van der Waals surface area contributed by atoms with Crippen LogP contribution in [0.4, 0.5) is 11.4 Å². The lowest BCUT2D eigenvalue weighted by Crippen LogP contribution is -2.07. The third-order valence-electron chi connectivity index (χ3n) is 2.38. The fourth-order valence-electron chi connectivity index (χ4n) is 1.54. The summed E-state index contributed by atoms with van der Waals surface area (Å²) >= 11 is 5.02. The maximum atomic E-state index is 11.1. The van der Waals surface area contributed by atoms with Gasteiger partial charge in [-0.1, -0.05) is 27.7 Å². The number of amides is 1. The molecule has 0 aliphatic heterocycles. The van der Waals surface area contributed by atoms with Gasteiger partial charge in [0, 0.05) is 21.2 Å². The summed E-state index contributed by atoms with van der Waals surface area (Å²) in [6.07, 6.45) is 0. The van der Waals surface area contributed by atoms with E-state index in [9.17, 15) is 4.79 Å². The van der Waals surface area contributed by atoms with Crippen molar-refractivity contribution in [3.8, 4) is 0 Å². The molecule has 0 aliphatic rings. The summed E-state index contributed by atoms with van der Waals surface area (Å²) in [4.78, 5) is 13.2. The number of rotatable bonds is 3. The molecule has 0 bridgehead atoms. The van der Waals surface area contributed by atoms with Gasteiger partial charge in [-0.15, -0.1) is 0 Å². The average Bonchev–Trinajstić information content (AvgIpc) is 2.36. The molecule has 0 aromatic heterocycles. The molecule has 2 aromatic carbocycles. The lowest BCUT2D eigenvalue weighted by atomic mass is 10.2. The molecular formula is C14H13BrN2OS. The van der Waals surface area contributed by atoms with Crippen molar-refractivity contribution in [3.05, 3.63) is 46.9 Å². The van der Waals surface area contributed by atoms with Crippen molar-refractivity contribution in [2.45, 2.75) is 16.7 Å². The highest BCUT2D eigenvalue weighted by molar-refractivity contribution is 9.10. The number of halogens is 1. The second kappa shape index (κ2) is 6.12. The van der Waals surface area contributed by atoms with Crippen LogP contribution >= 0.6 is 27.7 Å². The van der Waals surface area contributed by atoms with E-state index in [2.05, 4.69) is 21.2 Å². The van der Waals surface area contributed by atoms with E-state index >= 15 is 0 Å². The molecule has 2 rings (SSSR count). The first-order chi connectivity index (χ1) is 9.04. The molecule has 0 unspecified atom stereocenters. The Balaban J connectivity index is 2.21. The molecule has 3 nitrogen and oxygen atoms in total. The van der Waals surface area contributed by atoms with Gasteiger partial charge in [0.2, 0.25) is 5.91 Å². The van der Waals surface area contributed by atoms with E-state index in [4.69, 9.17) is 5.73 Å². The Hall–Kier alpha value is -1.46. The van der Waals surface area contributed by atoms with Gasteiger partial charge in [-0.2, -0.15) is 0 Å². The summed E-state index contributed by atoms with van der Waals surface area (Å²) in [5, 5.41) is 2.72. The van der Waals surface area contributed by atoms with E-state index in [0.29, 0.717) is 11.4 Å². The largest absolute Gasteiger partial charge is 0.397 e. The van der Waals surface area contributed by atoms with Crippen LogP contribution in [0.1, 0.15) is 6.92 Å². The van der Waals surface area contributed by atoms with Crippen LogP contribution in [-0.2, 0) is 4.79 Å². The lowest BCUT2D eigenvalue weighted by Gasteiger charge is -2.09. The molecule has 0 heterocycles. The van der Waals surface area contributed by atoms with E-state index in [1.54, 1.807) is 17.8 Å². The van der Waals surface area contributed by atoms with Gasteiger partial charge in [-0.25, -0.2) is 0 Å². The zero-order valence-electron chi connectivity index (χ0n) is 10.3. The van der Waals surface area contributed by atoms with E-state index in [0.717, 1.165) is 14.3 Å². The van der Waals surface area contributed by atoms with Gasteiger partial charge in [0.15, 0.2) is 0 Å². The fraction of sp³-hybridized carbons (Fsp3) is 0.0714. The average molecular weight is 337 g/mol. The molecule has 0 spiro atoms. The maximum Gasteiger partial charge on any atom is 0.221 e. The Morgan fingerprint density at radius 3 is 2.42 bits per heavy atom. The van der Waals surface area contributed by atoms with Gasteiger partial charge >= 0.3 is 0 Å². The summed E-state index contributed by atoms with van der Waals surface area (Å²) < 4.78 is 1.05. The minimum Gasteiger partial charge on any atom is -0.397 e. The minimum absolute atomic E-state index is 0.127. The molecule has 98 valence electrons. The zero-order chi connectivity index (χ0) is 13.8. The van der Waals surface area contributed by atoms with Crippen LogP contribution in [0.5, 0.6) is 0 Å². The number of nitrogens with one attached hydrogen (secondary N) is 1. The van der Waals surface area contributed by atoms with Gasteiger partial charge in [-0.05, 0) is 42.5 Å². The summed E-state index contributed by atoms with van der Waals surface area (Å²) in [7, 11) is 0. The molecule has 0 saturated carbocycles. The Kier molecular flexibility index (Phi) is 4.50. The number of anilines is 2. The van der Waals surface area contributed by atoms with Crippen LogP contribution in [0.2, 0.25) is 0 Å². The van der Waals surface area contributed by atoms with E-state index in [-0.39, 0.29) is 5.91 Å². The van der Waals surface area contributed by atoms with Gasteiger partial charge in [0.1, 0.15) is 0 Å². The number of carbonyl (C=O) groups is 1. The van der Waals surface area contributed by atoms with Crippen LogP contribution in [0.3, 0.4) is 0 Å². The molecule has 1 amide bonds. The first kappa shape index (κ1) is 14.0. The summed E-state index contributed by atoms with van der Waals surface area (Å²) in [6.45, 7) is 1.47. The van der Waals surface area contributed by atoms with E-state index < -0.39 is 0 Å². The second-order valence-corrected chi connectivity index (χ2v) is 6.05. The summed E-state index contributed by atoms with van der Waals surface area (Å²) in [5.41, 5.74) is 7.03. The van der Waals surface area contributed by atoms with Crippen LogP contribution in [-0.4, -0.2) is 5.91 Å². The van der Waals surface area contributed by atoms with Gasteiger partial charge in [-0.3, -0.25) is 4.79 Å². The Morgan fingerprint density at radius 1 is 1.16 bits per heavy atom. The van der Waals surface area contributed by atoms with Gasteiger partial charge in [0.05, 0.1) is 11.4 Å². The summed E-state index contributed by atoms with van der Waals surface area (Å²) in [5.74, 6) is -0.127. The minimum atomic E-state index is -0.127. The predicted octanol–water partition coefficient (Wildman–Crippen LogP) is 4.14. The first-order valence-electron chi connectivity index (χ1n) is 5.65. The fourth-order valence-corrected chi connectivity index (χ4v) is 2.66. The first-order valence-corrected chi connectivity index (χ1v) is 7.26. The highest BCUT2D eigenvalue weighted by Gasteiger charge is 2.04. The van der Waals surface area contributed by atoms with Crippen molar-refractivity contribution in [2.24, 2.45) is 0 Å². The van der Waals surface area contributed by atoms with Crippen LogP contribution in [0.15, 0.2) is 56.7 Å². The quantitative estimate of drug-likeness (QED) is 0.828. The lowest BCUT2D eigenvalue weighted by molar-refractivity contribution is -0.114. The van der Waals surface area contributed by atoms with Crippen molar-refractivity contribution >= 4 is 45.0 Å². The monoisotopic (exact) mass is 336 g/mol. The number of hydrogen-bond donors (Lipinski definition) is 2. The standard InChI is InChI=1S/C14H13BrN2OS/c1-9(18)17-14-8-12(6-7-13(14)16)19-11-4-2-10(15)3-5-11/h2-8H,16H2,1H3,(H,17,18).